The molecule has 0 radical (unpaired) electrons. The van der Waals surface area contributed by atoms with E-state index < -0.39 is 0 Å². The van der Waals surface area contributed by atoms with Gasteiger partial charge in [-0.1, -0.05) is 11.6 Å². The summed E-state index contributed by atoms with van der Waals surface area (Å²) in [5, 5.41) is 4.06. The van der Waals surface area contributed by atoms with Crippen molar-refractivity contribution in [2.24, 2.45) is 5.92 Å². The minimum atomic E-state index is 0.346. The van der Waals surface area contributed by atoms with E-state index >= 15 is 0 Å². The molecule has 0 saturated carbocycles. The Labute approximate surface area is 116 Å². The standard InChI is InChI=1S/C13H16ClNO2S/c14-12-1-10-5-16-8-17-13(10)11(2-12)7-18-6-9-3-15-4-9/h1-2,9,15H,3-8H2. The maximum Gasteiger partial charge on any atom is 0.189 e. The number of benzene rings is 1. The van der Waals surface area contributed by atoms with Gasteiger partial charge in [0.15, 0.2) is 6.79 Å². The van der Waals surface area contributed by atoms with Gasteiger partial charge in [-0.2, -0.15) is 11.8 Å². The van der Waals surface area contributed by atoms with Gasteiger partial charge in [0.2, 0.25) is 0 Å². The topological polar surface area (TPSA) is 30.5 Å². The van der Waals surface area contributed by atoms with Crippen molar-refractivity contribution >= 4 is 23.4 Å². The zero-order valence-corrected chi connectivity index (χ0v) is 11.6. The lowest BCUT2D eigenvalue weighted by molar-refractivity contribution is -0.0168. The van der Waals surface area contributed by atoms with E-state index in [4.69, 9.17) is 21.1 Å². The normalized spacial score (nSPS) is 18.9. The molecule has 3 rings (SSSR count). The average molecular weight is 286 g/mol. The first-order valence-electron chi connectivity index (χ1n) is 6.13. The predicted octanol–water partition coefficient (Wildman–Crippen LogP) is 2.66. The van der Waals surface area contributed by atoms with E-state index in [9.17, 15) is 0 Å². The van der Waals surface area contributed by atoms with Crippen molar-refractivity contribution in [1.29, 1.82) is 0 Å². The van der Waals surface area contributed by atoms with Crippen LogP contribution in [-0.2, 0) is 17.1 Å². The van der Waals surface area contributed by atoms with Crippen molar-refractivity contribution in [2.45, 2.75) is 12.4 Å². The Morgan fingerprint density at radius 2 is 2.28 bits per heavy atom. The van der Waals surface area contributed by atoms with E-state index in [0.29, 0.717) is 13.4 Å². The fourth-order valence-corrected chi connectivity index (χ4v) is 3.55. The number of ether oxygens (including phenoxy) is 2. The van der Waals surface area contributed by atoms with Crippen molar-refractivity contribution in [1.82, 2.24) is 5.32 Å². The minimum Gasteiger partial charge on any atom is -0.467 e. The minimum absolute atomic E-state index is 0.346. The third-order valence-corrected chi connectivity index (χ3v) is 4.67. The lowest BCUT2D eigenvalue weighted by Crippen LogP contribution is -2.43. The highest BCUT2D eigenvalue weighted by molar-refractivity contribution is 7.98. The molecule has 0 aliphatic carbocycles. The number of hydrogen-bond donors (Lipinski definition) is 1. The van der Waals surface area contributed by atoms with E-state index in [0.717, 1.165) is 41.1 Å². The highest BCUT2D eigenvalue weighted by Gasteiger charge is 2.19. The molecule has 0 bridgehead atoms. The molecule has 1 saturated heterocycles. The van der Waals surface area contributed by atoms with Crippen LogP contribution in [0.4, 0.5) is 0 Å². The van der Waals surface area contributed by atoms with Gasteiger partial charge in [0, 0.05) is 21.9 Å². The van der Waals surface area contributed by atoms with Gasteiger partial charge in [-0.15, -0.1) is 0 Å². The van der Waals surface area contributed by atoms with Gasteiger partial charge in [0.25, 0.3) is 0 Å². The number of rotatable bonds is 4. The summed E-state index contributed by atoms with van der Waals surface area (Å²) in [4.78, 5) is 0. The Hall–Kier alpha value is -0.420. The molecular formula is C13H16ClNO2S. The molecule has 98 valence electrons. The SMILES string of the molecule is Clc1cc2c(c(CSCC3CNC3)c1)OCOC2. The van der Waals surface area contributed by atoms with Gasteiger partial charge in [-0.3, -0.25) is 0 Å². The van der Waals surface area contributed by atoms with Gasteiger partial charge in [-0.05, 0) is 36.9 Å². The van der Waals surface area contributed by atoms with Crippen molar-refractivity contribution in [2.75, 3.05) is 25.6 Å². The molecule has 0 atom stereocenters. The Morgan fingerprint density at radius 1 is 1.39 bits per heavy atom. The number of fused-ring (bicyclic) bond motifs is 1. The summed E-state index contributed by atoms with van der Waals surface area (Å²) >= 11 is 8.08. The van der Waals surface area contributed by atoms with Crippen LogP contribution in [0.5, 0.6) is 5.75 Å². The molecular weight excluding hydrogens is 270 g/mol. The quantitative estimate of drug-likeness (QED) is 0.921. The van der Waals surface area contributed by atoms with E-state index in [1.807, 2.05) is 23.9 Å². The summed E-state index contributed by atoms with van der Waals surface area (Å²) in [5.74, 6) is 3.96. The molecule has 2 aliphatic heterocycles. The summed E-state index contributed by atoms with van der Waals surface area (Å²) in [6, 6.07) is 3.94. The predicted molar refractivity (Wildman–Crippen MR) is 74.3 cm³/mol. The zero-order chi connectivity index (χ0) is 12.4. The molecule has 2 heterocycles. The van der Waals surface area contributed by atoms with Gasteiger partial charge in [-0.25, -0.2) is 0 Å². The second-order valence-corrected chi connectivity index (χ2v) is 6.17. The van der Waals surface area contributed by atoms with Crippen LogP contribution in [0.25, 0.3) is 0 Å². The van der Waals surface area contributed by atoms with Crippen LogP contribution in [0, 0.1) is 5.92 Å². The lowest BCUT2D eigenvalue weighted by atomic mass is 10.1. The molecule has 1 aromatic carbocycles. The average Bonchev–Trinajstić information content (AvgIpc) is 2.32. The molecule has 18 heavy (non-hydrogen) atoms. The fraction of sp³-hybridized carbons (Fsp3) is 0.538. The van der Waals surface area contributed by atoms with E-state index in [1.54, 1.807) is 0 Å². The monoisotopic (exact) mass is 285 g/mol. The first-order chi connectivity index (χ1) is 8.83. The first-order valence-corrected chi connectivity index (χ1v) is 7.66. The van der Waals surface area contributed by atoms with Crippen LogP contribution >= 0.6 is 23.4 Å². The summed E-state index contributed by atoms with van der Waals surface area (Å²) in [6.45, 7) is 3.26. The van der Waals surface area contributed by atoms with Crippen molar-refractivity contribution in [3.8, 4) is 5.75 Å². The molecule has 3 nitrogen and oxygen atoms in total. The van der Waals surface area contributed by atoms with Gasteiger partial charge in [0.05, 0.1) is 6.61 Å². The molecule has 1 N–H and O–H groups in total. The Bertz CT molecular complexity index is 437. The zero-order valence-electron chi connectivity index (χ0n) is 10.1. The number of hydrogen-bond acceptors (Lipinski definition) is 4. The highest BCUT2D eigenvalue weighted by atomic mass is 35.5. The van der Waals surface area contributed by atoms with Crippen molar-refractivity contribution < 1.29 is 9.47 Å². The number of thioether (sulfide) groups is 1. The first kappa shape index (κ1) is 12.6. The molecule has 1 fully saturated rings. The second kappa shape index (κ2) is 5.70. The lowest BCUT2D eigenvalue weighted by Gasteiger charge is -2.27. The molecule has 1 aromatic rings. The van der Waals surface area contributed by atoms with E-state index in [-0.39, 0.29) is 0 Å². The van der Waals surface area contributed by atoms with Crippen LogP contribution in [0.3, 0.4) is 0 Å². The molecule has 0 unspecified atom stereocenters. The highest BCUT2D eigenvalue weighted by Crippen LogP contribution is 2.34. The van der Waals surface area contributed by atoms with Crippen LogP contribution in [-0.4, -0.2) is 25.6 Å². The molecule has 0 aromatic heterocycles. The van der Waals surface area contributed by atoms with Gasteiger partial charge < -0.3 is 14.8 Å². The largest absolute Gasteiger partial charge is 0.467 e. The maximum absolute atomic E-state index is 6.13. The third-order valence-electron chi connectivity index (χ3n) is 3.23. The molecule has 5 heteroatoms. The van der Waals surface area contributed by atoms with E-state index in [2.05, 4.69) is 5.32 Å². The molecule has 0 spiro atoms. The van der Waals surface area contributed by atoms with Crippen LogP contribution < -0.4 is 10.1 Å². The van der Waals surface area contributed by atoms with Crippen molar-refractivity contribution in [3.05, 3.63) is 28.3 Å². The third kappa shape index (κ3) is 2.77. The Balaban J connectivity index is 1.67. The van der Waals surface area contributed by atoms with Gasteiger partial charge in [0.1, 0.15) is 5.75 Å². The maximum atomic E-state index is 6.13. The van der Waals surface area contributed by atoms with Crippen LogP contribution in [0.2, 0.25) is 5.02 Å². The molecule has 2 aliphatic rings. The van der Waals surface area contributed by atoms with E-state index in [1.165, 1.54) is 11.3 Å². The summed E-state index contributed by atoms with van der Waals surface area (Å²) < 4.78 is 10.9. The van der Waals surface area contributed by atoms with Gasteiger partial charge >= 0.3 is 0 Å². The summed E-state index contributed by atoms with van der Waals surface area (Å²) in [6.07, 6.45) is 0. The Morgan fingerprint density at radius 3 is 3.06 bits per heavy atom. The number of nitrogens with one attached hydrogen (secondary N) is 1. The number of halogens is 1. The summed E-state index contributed by atoms with van der Waals surface area (Å²) in [7, 11) is 0. The van der Waals surface area contributed by atoms with Crippen molar-refractivity contribution in [3.63, 3.8) is 0 Å². The second-order valence-electron chi connectivity index (χ2n) is 4.70. The van der Waals surface area contributed by atoms with Crippen LogP contribution in [0.1, 0.15) is 11.1 Å². The molecule has 0 amide bonds. The smallest absolute Gasteiger partial charge is 0.189 e. The van der Waals surface area contributed by atoms with Crippen LogP contribution in [0.15, 0.2) is 12.1 Å². The fourth-order valence-electron chi connectivity index (χ4n) is 2.17. The summed E-state index contributed by atoms with van der Waals surface area (Å²) in [5.41, 5.74) is 2.26. The Kier molecular flexibility index (Phi) is 3.99.